The van der Waals surface area contributed by atoms with E-state index in [1.54, 1.807) is 0 Å². The summed E-state index contributed by atoms with van der Waals surface area (Å²) in [6.07, 6.45) is -5.15. The van der Waals surface area contributed by atoms with Crippen molar-refractivity contribution in [1.82, 2.24) is 5.32 Å². The highest BCUT2D eigenvalue weighted by Gasteiger charge is 2.31. The molecule has 0 fully saturated rings. The van der Waals surface area contributed by atoms with Crippen LogP contribution in [0.5, 0.6) is 0 Å². The lowest BCUT2D eigenvalue weighted by molar-refractivity contribution is -0.114. The molecule has 6 heteroatoms. The lowest BCUT2D eigenvalue weighted by Crippen LogP contribution is -2.52. The third kappa shape index (κ3) is 6.00. The van der Waals surface area contributed by atoms with Gasteiger partial charge in [0.1, 0.15) is 18.3 Å². The molecule has 0 saturated carbocycles. The molecule has 1 rings (SSSR count). The van der Waals surface area contributed by atoms with E-state index in [1.165, 1.54) is 0 Å². The Morgan fingerprint density at radius 3 is 2.05 bits per heavy atom. The quantitative estimate of drug-likeness (QED) is 0.350. The van der Waals surface area contributed by atoms with Crippen molar-refractivity contribution in [3.05, 3.63) is 35.9 Å². The van der Waals surface area contributed by atoms with E-state index in [1.807, 2.05) is 44.2 Å². The minimum atomic E-state index is -1.60. The maximum absolute atomic E-state index is 9.90. The molecule has 0 spiro atoms. The van der Waals surface area contributed by atoms with Crippen molar-refractivity contribution in [2.75, 3.05) is 13.2 Å². The molecule has 22 heavy (non-hydrogen) atoms. The Labute approximate surface area is 131 Å². The van der Waals surface area contributed by atoms with Crippen LogP contribution < -0.4 is 5.32 Å². The zero-order valence-corrected chi connectivity index (χ0v) is 13.1. The minimum Gasteiger partial charge on any atom is -0.394 e. The van der Waals surface area contributed by atoms with Crippen molar-refractivity contribution in [2.24, 2.45) is 0 Å². The van der Waals surface area contributed by atoms with Gasteiger partial charge in [0, 0.05) is 12.1 Å². The van der Waals surface area contributed by atoms with Crippen molar-refractivity contribution in [3.63, 3.8) is 0 Å². The van der Waals surface area contributed by atoms with Crippen LogP contribution in [0.4, 0.5) is 0 Å². The van der Waals surface area contributed by atoms with Crippen LogP contribution in [0.1, 0.15) is 19.4 Å². The first-order chi connectivity index (χ1) is 10.3. The number of aliphatic hydroxyl groups excluding tert-OH is 5. The normalized spacial score (nSPS) is 17.8. The first-order valence-corrected chi connectivity index (χ1v) is 7.39. The van der Waals surface area contributed by atoms with Crippen LogP contribution in [0, 0.1) is 0 Å². The molecule has 6 N–H and O–H groups in total. The Kier molecular flexibility index (Phi) is 7.41. The molecule has 0 saturated heterocycles. The minimum absolute atomic E-state index is 0.0518. The van der Waals surface area contributed by atoms with Crippen LogP contribution in [-0.2, 0) is 6.42 Å². The molecular weight excluding hydrogens is 286 g/mol. The largest absolute Gasteiger partial charge is 0.394 e. The van der Waals surface area contributed by atoms with Crippen molar-refractivity contribution in [3.8, 4) is 0 Å². The summed E-state index contributed by atoms with van der Waals surface area (Å²) in [6.45, 7) is 3.31. The average molecular weight is 313 g/mol. The second kappa shape index (κ2) is 8.57. The molecule has 1 aromatic rings. The van der Waals surface area contributed by atoms with E-state index in [2.05, 4.69) is 5.32 Å². The van der Waals surface area contributed by atoms with Crippen LogP contribution in [-0.4, -0.2) is 68.6 Å². The highest BCUT2D eigenvalue weighted by Crippen LogP contribution is 2.13. The SMILES string of the molecule is CC(C)(Cc1ccccc1)NC[C@H](O)[C@@H](O)[C@H](O)[C@H](O)CO. The zero-order chi connectivity index (χ0) is 16.8. The molecule has 0 aliphatic rings. The molecular formula is C16H27NO5. The Morgan fingerprint density at radius 1 is 0.955 bits per heavy atom. The molecule has 0 bridgehead atoms. The van der Waals surface area contributed by atoms with Gasteiger partial charge in [-0.25, -0.2) is 0 Å². The number of β-amino-alcohol motifs (C(OH)–C–C–N with tert-alkyl or cyclic N) is 1. The highest BCUT2D eigenvalue weighted by atomic mass is 16.4. The van der Waals surface area contributed by atoms with Gasteiger partial charge in [-0.05, 0) is 25.8 Å². The summed E-state index contributed by atoms with van der Waals surface area (Å²) in [5.74, 6) is 0. The lowest BCUT2D eigenvalue weighted by Gasteiger charge is -2.31. The molecule has 0 heterocycles. The first-order valence-electron chi connectivity index (χ1n) is 7.39. The highest BCUT2D eigenvalue weighted by molar-refractivity contribution is 5.17. The molecule has 126 valence electrons. The Morgan fingerprint density at radius 2 is 1.50 bits per heavy atom. The number of hydrogen-bond donors (Lipinski definition) is 6. The van der Waals surface area contributed by atoms with E-state index in [-0.39, 0.29) is 12.1 Å². The number of aliphatic hydroxyl groups is 5. The van der Waals surface area contributed by atoms with Gasteiger partial charge in [-0.15, -0.1) is 0 Å². The molecule has 0 aliphatic heterocycles. The fraction of sp³-hybridized carbons (Fsp3) is 0.625. The van der Waals surface area contributed by atoms with E-state index in [0.29, 0.717) is 0 Å². The van der Waals surface area contributed by atoms with Gasteiger partial charge < -0.3 is 30.8 Å². The third-order valence-electron chi connectivity index (χ3n) is 3.60. The van der Waals surface area contributed by atoms with Gasteiger partial charge in [-0.2, -0.15) is 0 Å². The van der Waals surface area contributed by atoms with E-state index in [4.69, 9.17) is 5.11 Å². The van der Waals surface area contributed by atoms with Crippen LogP contribution in [0.25, 0.3) is 0 Å². The van der Waals surface area contributed by atoms with Crippen LogP contribution in [0.3, 0.4) is 0 Å². The summed E-state index contributed by atoms with van der Waals surface area (Å²) in [7, 11) is 0. The molecule has 0 aliphatic carbocycles. The van der Waals surface area contributed by atoms with Gasteiger partial charge in [0.2, 0.25) is 0 Å². The summed E-state index contributed by atoms with van der Waals surface area (Å²) in [5.41, 5.74) is 0.827. The topological polar surface area (TPSA) is 113 Å². The third-order valence-corrected chi connectivity index (χ3v) is 3.60. The monoisotopic (exact) mass is 313 g/mol. The van der Waals surface area contributed by atoms with Crippen molar-refractivity contribution in [2.45, 2.75) is 50.2 Å². The summed E-state index contributed by atoms with van der Waals surface area (Å²) in [4.78, 5) is 0. The number of benzene rings is 1. The molecule has 1 aromatic carbocycles. The lowest BCUT2D eigenvalue weighted by atomic mass is 9.94. The summed E-state index contributed by atoms with van der Waals surface area (Å²) in [6, 6.07) is 9.87. The zero-order valence-electron chi connectivity index (χ0n) is 13.1. The van der Waals surface area contributed by atoms with Crippen molar-refractivity contribution >= 4 is 0 Å². The second-order valence-electron chi connectivity index (χ2n) is 6.23. The Hall–Kier alpha value is -1.02. The van der Waals surface area contributed by atoms with Gasteiger partial charge >= 0.3 is 0 Å². The van der Waals surface area contributed by atoms with E-state index >= 15 is 0 Å². The molecule has 0 unspecified atom stereocenters. The standard InChI is InChI=1S/C16H27NO5/c1-16(2,8-11-6-4-3-5-7-11)17-9-12(19)14(21)15(22)13(20)10-18/h3-7,12-15,17-22H,8-10H2,1-2H3/t12-,13+,14+,15+/m0/s1. The fourth-order valence-electron chi connectivity index (χ4n) is 2.23. The average Bonchev–Trinajstić information content (AvgIpc) is 2.51. The predicted molar refractivity (Wildman–Crippen MR) is 83.3 cm³/mol. The first kappa shape index (κ1) is 19.0. The molecule has 0 radical (unpaired) electrons. The van der Waals surface area contributed by atoms with Gasteiger partial charge in [0.05, 0.1) is 12.7 Å². The summed E-state index contributed by atoms with van der Waals surface area (Å²) < 4.78 is 0. The Balaban J connectivity index is 2.49. The smallest absolute Gasteiger partial charge is 0.111 e. The van der Waals surface area contributed by atoms with Crippen LogP contribution in [0.15, 0.2) is 30.3 Å². The van der Waals surface area contributed by atoms with Crippen molar-refractivity contribution < 1.29 is 25.5 Å². The van der Waals surface area contributed by atoms with E-state index in [9.17, 15) is 20.4 Å². The second-order valence-corrected chi connectivity index (χ2v) is 6.23. The molecule has 0 aromatic heterocycles. The molecule has 6 nitrogen and oxygen atoms in total. The number of hydrogen-bond acceptors (Lipinski definition) is 6. The van der Waals surface area contributed by atoms with E-state index in [0.717, 1.165) is 12.0 Å². The summed E-state index contributed by atoms with van der Waals surface area (Å²) >= 11 is 0. The molecule has 0 amide bonds. The fourth-order valence-corrected chi connectivity index (χ4v) is 2.23. The van der Waals surface area contributed by atoms with Gasteiger partial charge in [-0.3, -0.25) is 0 Å². The summed E-state index contributed by atoms with van der Waals surface area (Å²) in [5, 5.41) is 50.4. The van der Waals surface area contributed by atoms with Gasteiger partial charge in [-0.1, -0.05) is 30.3 Å². The van der Waals surface area contributed by atoms with Crippen LogP contribution >= 0.6 is 0 Å². The molecule has 4 atom stereocenters. The van der Waals surface area contributed by atoms with Crippen molar-refractivity contribution in [1.29, 1.82) is 0 Å². The predicted octanol–water partition coefficient (Wildman–Crippen LogP) is -0.967. The van der Waals surface area contributed by atoms with Gasteiger partial charge in [0.15, 0.2) is 0 Å². The van der Waals surface area contributed by atoms with Crippen LogP contribution in [0.2, 0.25) is 0 Å². The van der Waals surface area contributed by atoms with E-state index < -0.39 is 31.0 Å². The number of rotatable bonds is 9. The van der Waals surface area contributed by atoms with Gasteiger partial charge in [0.25, 0.3) is 0 Å². The number of nitrogens with one attached hydrogen (secondary N) is 1. The Bertz CT molecular complexity index is 426. The maximum atomic E-state index is 9.90. The maximum Gasteiger partial charge on any atom is 0.111 e.